The van der Waals surface area contributed by atoms with E-state index in [2.05, 4.69) is 81.2 Å². The SMILES string of the molecule is Cc1ccc(S(=O)(=O)n2cc(Br)c3c(Cl)ncnc32)cc1.Cc1ccc(S(=O)(=O)n2cc(Br)c3c(NCc4cccc(N5C[C@@H](C)N[C@@H](C)C5)n4)ncnc32)cc1. The van der Waals surface area contributed by atoms with Crippen molar-refractivity contribution >= 4 is 97.2 Å². The average Bonchev–Trinajstić information content (AvgIpc) is 3.72. The first-order valence-electron chi connectivity index (χ1n) is 17.7. The van der Waals surface area contributed by atoms with Crippen molar-refractivity contribution in [2.75, 3.05) is 23.3 Å². The maximum atomic E-state index is 13.3. The Morgan fingerprint density at radius 1 is 0.737 bits per heavy atom. The van der Waals surface area contributed by atoms with Crippen molar-refractivity contribution in [1.82, 2.24) is 38.2 Å². The van der Waals surface area contributed by atoms with Crippen molar-refractivity contribution in [3.63, 3.8) is 0 Å². The van der Waals surface area contributed by atoms with Crippen LogP contribution in [0.3, 0.4) is 0 Å². The highest BCUT2D eigenvalue weighted by atomic mass is 79.9. The van der Waals surface area contributed by atoms with Crippen molar-refractivity contribution in [3.8, 4) is 0 Å². The van der Waals surface area contributed by atoms with Gasteiger partial charge in [0, 0.05) is 46.5 Å². The van der Waals surface area contributed by atoms with Crippen molar-refractivity contribution in [1.29, 1.82) is 0 Å². The van der Waals surface area contributed by atoms with Crippen molar-refractivity contribution in [3.05, 3.63) is 123 Å². The summed E-state index contributed by atoms with van der Waals surface area (Å²) in [5.74, 6) is 1.47. The van der Waals surface area contributed by atoms with Crippen molar-refractivity contribution in [2.45, 2.75) is 56.1 Å². The minimum atomic E-state index is -3.83. The van der Waals surface area contributed by atoms with E-state index in [0.717, 1.165) is 39.7 Å². The van der Waals surface area contributed by atoms with Gasteiger partial charge in [-0.25, -0.2) is 49.7 Å². The zero-order valence-electron chi connectivity index (χ0n) is 31.1. The molecule has 0 bridgehead atoms. The first-order chi connectivity index (χ1) is 27.1. The molecule has 7 aromatic rings. The Morgan fingerprint density at radius 3 is 1.81 bits per heavy atom. The van der Waals surface area contributed by atoms with Crippen molar-refractivity contribution in [2.24, 2.45) is 0 Å². The van der Waals surface area contributed by atoms with E-state index in [9.17, 15) is 16.8 Å². The number of nitrogens with zero attached hydrogens (tertiary/aromatic N) is 8. The van der Waals surface area contributed by atoms with Gasteiger partial charge in [-0.2, -0.15) is 0 Å². The molecule has 2 N–H and O–H groups in total. The summed E-state index contributed by atoms with van der Waals surface area (Å²) in [6.07, 6.45) is 5.55. The molecule has 8 rings (SSSR count). The van der Waals surface area contributed by atoms with Gasteiger partial charge in [0.1, 0.15) is 29.4 Å². The molecule has 0 amide bonds. The molecule has 0 saturated carbocycles. The molecule has 1 aliphatic heterocycles. The largest absolute Gasteiger partial charge is 0.364 e. The van der Waals surface area contributed by atoms with E-state index in [1.807, 2.05) is 32.0 Å². The lowest BCUT2D eigenvalue weighted by Gasteiger charge is -2.37. The molecule has 14 nitrogen and oxygen atoms in total. The van der Waals surface area contributed by atoms with Crippen LogP contribution in [0.5, 0.6) is 0 Å². The van der Waals surface area contributed by atoms with Crippen LogP contribution in [0.2, 0.25) is 5.15 Å². The van der Waals surface area contributed by atoms with Gasteiger partial charge in [0.2, 0.25) is 0 Å². The number of hydrogen-bond donors (Lipinski definition) is 2. The molecule has 0 aliphatic carbocycles. The van der Waals surface area contributed by atoms with E-state index >= 15 is 0 Å². The van der Waals surface area contributed by atoms with Crippen LogP contribution in [-0.4, -0.2) is 74.9 Å². The molecular weight excluding hydrogens is 920 g/mol. The van der Waals surface area contributed by atoms with Crippen LogP contribution in [0, 0.1) is 13.8 Å². The summed E-state index contributed by atoms with van der Waals surface area (Å²) in [6.45, 7) is 10.4. The Labute approximate surface area is 352 Å². The topological polar surface area (TPSA) is 170 Å². The third kappa shape index (κ3) is 8.42. The normalized spacial score (nSPS) is 16.1. The van der Waals surface area contributed by atoms with Gasteiger partial charge in [0.15, 0.2) is 11.3 Å². The number of fused-ring (bicyclic) bond motifs is 2. The number of anilines is 2. The Morgan fingerprint density at radius 2 is 1.25 bits per heavy atom. The van der Waals surface area contributed by atoms with E-state index in [-0.39, 0.29) is 20.6 Å². The summed E-state index contributed by atoms with van der Waals surface area (Å²) in [6, 6.07) is 20.2. The lowest BCUT2D eigenvalue weighted by atomic mass is 10.1. The highest BCUT2D eigenvalue weighted by molar-refractivity contribution is 9.11. The number of aromatic nitrogens is 7. The van der Waals surface area contributed by atoms with Gasteiger partial charge in [-0.05, 0) is 96.0 Å². The molecule has 2 atom stereocenters. The fourth-order valence-electron chi connectivity index (χ4n) is 6.53. The lowest BCUT2D eigenvalue weighted by molar-refractivity contribution is 0.405. The van der Waals surface area contributed by atoms with Gasteiger partial charge in [-0.15, -0.1) is 0 Å². The zero-order valence-corrected chi connectivity index (χ0v) is 36.7. The predicted molar refractivity (Wildman–Crippen MR) is 229 cm³/mol. The first-order valence-corrected chi connectivity index (χ1v) is 22.5. The van der Waals surface area contributed by atoms with E-state index in [1.165, 1.54) is 29.0 Å². The maximum absolute atomic E-state index is 13.3. The van der Waals surface area contributed by atoms with E-state index in [1.54, 1.807) is 48.5 Å². The zero-order chi connectivity index (χ0) is 40.6. The Balaban J connectivity index is 0.000000200. The molecule has 57 heavy (non-hydrogen) atoms. The second-order valence-corrected chi connectivity index (χ2v) is 19.4. The number of hydrogen-bond acceptors (Lipinski definition) is 12. The van der Waals surface area contributed by atoms with Gasteiger partial charge in [0.25, 0.3) is 20.0 Å². The summed E-state index contributed by atoms with van der Waals surface area (Å²) in [5.41, 5.74) is 3.37. The fraction of sp³-hybridized carbons (Fsp3) is 0.237. The maximum Gasteiger partial charge on any atom is 0.269 e. The molecule has 19 heteroatoms. The monoisotopic (exact) mass is 954 g/mol. The third-order valence-electron chi connectivity index (χ3n) is 9.23. The highest BCUT2D eigenvalue weighted by Crippen LogP contribution is 2.34. The van der Waals surface area contributed by atoms with Gasteiger partial charge in [-0.3, -0.25) is 0 Å². The number of piperazine rings is 1. The summed E-state index contributed by atoms with van der Waals surface area (Å²) in [5, 5.41) is 8.12. The minimum absolute atomic E-state index is 0.187. The molecule has 1 saturated heterocycles. The second kappa shape index (κ2) is 16.4. The predicted octanol–water partition coefficient (Wildman–Crippen LogP) is 7.33. The van der Waals surface area contributed by atoms with Gasteiger partial charge < -0.3 is 15.5 Å². The summed E-state index contributed by atoms with van der Waals surface area (Å²) < 4.78 is 55.5. The molecule has 1 fully saturated rings. The Kier molecular flexibility index (Phi) is 11.7. The average molecular weight is 957 g/mol. The lowest BCUT2D eigenvalue weighted by Crippen LogP contribution is -2.54. The summed E-state index contributed by atoms with van der Waals surface area (Å²) >= 11 is 12.8. The molecule has 2 aromatic carbocycles. The van der Waals surface area contributed by atoms with Gasteiger partial charge >= 0.3 is 0 Å². The van der Waals surface area contributed by atoms with E-state index < -0.39 is 20.0 Å². The molecule has 296 valence electrons. The van der Waals surface area contributed by atoms with Crippen LogP contribution in [-0.2, 0) is 26.6 Å². The number of pyridine rings is 1. The highest BCUT2D eigenvalue weighted by Gasteiger charge is 2.26. The fourth-order valence-corrected chi connectivity index (χ4v) is 10.9. The van der Waals surface area contributed by atoms with Crippen molar-refractivity contribution < 1.29 is 16.8 Å². The number of aryl methyl sites for hydroxylation is 2. The molecular formula is C38H37Br2ClN10O4S2. The van der Waals surface area contributed by atoms with Crippen LogP contribution in [0.1, 0.15) is 30.7 Å². The van der Waals surface area contributed by atoms with Gasteiger partial charge in [0.05, 0.1) is 32.8 Å². The first kappa shape index (κ1) is 40.7. The summed E-state index contributed by atoms with van der Waals surface area (Å²) in [4.78, 5) is 24.1. The number of benzene rings is 2. The van der Waals surface area contributed by atoms with Crippen LogP contribution < -0.4 is 15.5 Å². The molecule has 1 aliphatic rings. The minimum Gasteiger partial charge on any atom is -0.364 e. The smallest absolute Gasteiger partial charge is 0.269 e. The van der Waals surface area contributed by atoms with E-state index in [4.69, 9.17) is 16.6 Å². The van der Waals surface area contributed by atoms with Crippen LogP contribution in [0.15, 0.2) is 111 Å². The molecule has 0 radical (unpaired) electrons. The van der Waals surface area contributed by atoms with E-state index in [0.29, 0.717) is 49.8 Å². The van der Waals surface area contributed by atoms with Crippen LogP contribution >= 0.6 is 43.5 Å². The van der Waals surface area contributed by atoms with Crippen LogP contribution in [0.4, 0.5) is 11.6 Å². The third-order valence-corrected chi connectivity index (χ3v) is 14.0. The van der Waals surface area contributed by atoms with Gasteiger partial charge in [-0.1, -0.05) is 53.1 Å². The number of halogens is 3. The summed E-state index contributed by atoms with van der Waals surface area (Å²) in [7, 11) is -7.57. The van der Waals surface area contributed by atoms with Crippen LogP contribution in [0.25, 0.3) is 22.1 Å². The second-order valence-electron chi connectivity index (χ2n) is 13.7. The molecule has 6 heterocycles. The Bertz CT molecular complexity index is 2810. The number of rotatable bonds is 8. The number of nitrogens with one attached hydrogen (secondary N) is 2. The molecule has 0 unspecified atom stereocenters. The molecule has 5 aromatic heterocycles. The standard InChI is InChI=1S/C25H28BrN7O2S.C13H9BrClN3O2S/c1-16-7-9-20(10-8-16)36(34,35)33-14-21(26)23-24(28-15-29-25(23)33)27-11-19-5-4-6-22(31-19)32-12-17(2)30-18(3)13-32;1-8-2-4-9(5-3-8)21(19,20)18-6-10(14)11-12(15)16-7-17-13(11)18/h4-10,14-15,17-18,30H,11-13H2,1-3H3,(H,27,28,29);2-7H,1H3/t17-,18+;. The Hall–Kier alpha value is -4.46. The molecule has 0 spiro atoms. The quantitative estimate of drug-likeness (QED) is 0.146.